The maximum Gasteiger partial charge on any atom is 0.236 e. The molecule has 4 aromatic rings. The van der Waals surface area contributed by atoms with E-state index in [0.717, 1.165) is 33.5 Å². The smallest absolute Gasteiger partial charge is 0.236 e. The largest absolute Gasteiger partial charge is 0.333 e. The number of nitrogens with zero attached hydrogens (tertiary/aromatic N) is 4. The lowest BCUT2D eigenvalue weighted by Gasteiger charge is -2.26. The molecule has 32 heavy (non-hydrogen) atoms. The minimum atomic E-state index is -0.284. The fraction of sp³-hybridized carbons (Fsp3) is 0.240. The molecule has 0 aliphatic rings. The lowest BCUT2D eigenvalue weighted by Crippen LogP contribution is -2.35. The summed E-state index contributed by atoms with van der Waals surface area (Å²) in [6.45, 7) is 5.92. The van der Waals surface area contributed by atoms with Gasteiger partial charge in [0.2, 0.25) is 5.91 Å². The molecule has 0 radical (unpaired) electrons. The summed E-state index contributed by atoms with van der Waals surface area (Å²) >= 11 is 3.12. The van der Waals surface area contributed by atoms with Crippen LogP contribution in [0.2, 0.25) is 0 Å². The van der Waals surface area contributed by atoms with Crippen molar-refractivity contribution in [2.24, 2.45) is 0 Å². The highest BCUT2D eigenvalue weighted by molar-refractivity contribution is 8.00. The van der Waals surface area contributed by atoms with Crippen LogP contribution < -0.4 is 0 Å². The lowest BCUT2D eigenvalue weighted by molar-refractivity contribution is -0.131. The Kier molecular flexibility index (Phi) is 7.39. The standard InChI is InChI=1S/C25H26N4OS2/c1-3-29-23(22-15-10-16-31-22)26-27-25(29)32-19(2)24(30)28(17-20-11-6-4-7-12-20)18-21-13-8-5-9-14-21/h4-16,19H,3,17-18H2,1-2H3. The third-order valence-electron chi connectivity index (χ3n) is 5.15. The Labute approximate surface area is 197 Å². The van der Waals surface area contributed by atoms with Crippen molar-refractivity contribution in [3.63, 3.8) is 0 Å². The summed E-state index contributed by atoms with van der Waals surface area (Å²) in [5.74, 6) is 0.945. The Hall–Kier alpha value is -2.90. The molecule has 0 aliphatic carbocycles. The van der Waals surface area contributed by atoms with Gasteiger partial charge < -0.3 is 9.47 Å². The molecule has 0 fully saturated rings. The molecule has 5 nitrogen and oxygen atoms in total. The van der Waals surface area contributed by atoms with Crippen LogP contribution in [0.3, 0.4) is 0 Å². The van der Waals surface area contributed by atoms with Crippen molar-refractivity contribution in [3.05, 3.63) is 89.3 Å². The van der Waals surface area contributed by atoms with E-state index in [0.29, 0.717) is 13.1 Å². The molecule has 1 unspecified atom stereocenters. The van der Waals surface area contributed by atoms with Gasteiger partial charge in [-0.25, -0.2) is 0 Å². The first-order valence-corrected chi connectivity index (χ1v) is 12.4. The monoisotopic (exact) mass is 462 g/mol. The van der Waals surface area contributed by atoms with Crippen molar-refractivity contribution >= 4 is 29.0 Å². The number of carbonyl (C=O) groups excluding carboxylic acids is 1. The van der Waals surface area contributed by atoms with Crippen LogP contribution in [0.25, 0.3) is 10.7 Å². The number of thioether (sulfide) groups is 1. The summed E-state index contributed by atoms with van der Waals surface area (Å²) in [4.78, 5) is 16.6. The molecule has 0 bridgehead atoms. The maximum atomic E-state index is 13.5. The van der Waals surface area contributed by atoms with Crippen LogP contribution in [-0.2, 0) is 24.4 Å². The first kappa shape index (κ1) is 22.3. The van der Waals surface area contributed by atoms with Gasteiger partial charge in [0.1, 0.15) is 0 Å². The van der Waals surface area contributed by atoms with E-state index in [-0.39, 0.29) is 11.2 Å². The first-order valence-electron chi connectivity index (χ1n) is 10.7. The Morgan fingerprint density at radius 1 is 0.969 bits per heavy atom. The second-order valence-electron chi connectivity index (χ2n) is 7.45. The average molecular weight is 463 g/mol. The van der Waals surface area contributed by atoms with Crippen LogP contribution in [-0.4, -0.2) is 30.8 Å². The predicted octanol–water partition coefficient (Wildman–Crippen LogP) is 5.74. The molecule has 4 rings (SSSR count). The third-order valence-corrected chi connectivity index (χ3v) is 7.08. The summed E-state index contributed by atoms with van der Waals surface area (Å²) in [6.07, 6.45) is 0. The molecule has 7 heteroatoms. The second-order valence-corrected chi connectivity index (χ2v) is 9.71. The van der Waals surface area contributed by atoms with Crippen molar-refractivity contribution in [1.29, 1.82) is 0 Å². The summed E-state index contributed by atoms with van der Waals surface area (Å²) < 4.78 is 2.08. The Bertz CT molecular complexity index is 1090. The van der Waals surface area contributed by atoms with Gasteiger partial charge in [0.15, 0.2) is 11.0 Å². The molecule has 0 spiro atoms. The third kappa shape index (κ3) is 5.29. The van der Waals surface area contributed by atoms with Crippen molar-refractivity contribution in [2.45, 2.75) is 43.9 Å². The van der Waals surface area contributed by atoms with Gasteiger partial charge in [0.25, 0.3) is 0 Å². The topological polar surface area (TPSA) is 51.0 Å². The van der Waals surface area contributed by atoms with E-state index in [1.54, 1.807) is 11.3 Å². The van der Waals surface area contributed by atoms with E-state index in [2.05, 4.69) is 46.0 Å². The molecule has 0 saturated heterocycles. The van der Waals surface area contributed by atoms with E-state index < -0.39 is 0 Å². The van der Waals surface area contributed by atoms with Crippen LogP contribution in [0.5, 0.6) is 0 Å². The number of benzene rings is 2. The average Bonchev–Trinajstić information content (AvgIpc) is 3.49. The zero-order valence-corrected chi connectivity index (χ0v) is 19.9. The minimum absolute atomic E-state index is 0.0889. The molecule has 2 aromatic heterocycles. The van der Waals surface area contributed by atoms with Gasteiger partial charge in [0.05, 0.1) is 10.1 Å². The summed E-state index contributed by atoms with van der Waals surface area (Å²) in [5.41, 5.74) is 2.23. The van der Waals surface area contributed by atoms with E-state index in [4.69, 9.17) is 0 Å². The molecule has 0 N–H and O–H groups in total. The Morgan fingerprint density at radius 2 is 1.59 bits per heavy atom. The van der Waals surface area contributed by atoms with Crippen molar-refractivity contribution in [1.82, 2.24) is 19.7 Å². The van der Waals surface area contributed by atoms with Crippen LogP contribution in [0.4, 0.5) is 0 Å². The normalized spacial score (nSPS) is 11.9. The number of hydrogen-bond acceptors (Lipinski definition) is 5. The van der Waals surface area contributed by atoms with Crippen LogP contribution in [0.1, 0.15) is 25.0 Å². The van der Waals surface area contributed by atoms with Crippen LogP contribution in [0, 0.1) is 0 Å². The van der Waals surface area contributed by atoms with Crippen molar-refractivity contribution in [3.8, 4) is 10.7 Å². The number of thiophene rings is 1. The van der Waals surface area contributed by atoms with Gasteiger partial charge in [0, 0.05) is 19.6 Å². The molecule has 0 saturated carbocycles. The highest BCUT2D eigenvalue weighted by atomic mass is 32.2. The summed E-state index contributed by atoms with van der Waals surface area (Å²) in [6, 6.07) is 24.3. The minimum Gasteiger partial charge on any atom is -0.333 e. The van der Waals surface area contributed by atoms with E-state index in [1.807, 2.05) is 65.7 Å². The van der Waals surface area contributed by atoms with E-state index in [1.165, 1.54) is 11.8 Å². The van der Waals surface area contributed by atoms with Gasteiger partial charge in [-0.05, 0) is 36.4 Å². The molecule has 2 heterocycles. The maximum absolute atomic E-state index is 13.5. The van der Waals surface area contributed by atoms with E-state index >= 15 is 0 Å². The van der Waals surface area contributed by atoms with Crippen LogP contribution >= 0.6 is 23.1 Å². The second kappa shape index (κ2) is 10.6. The highest BCUT2D eigenvalue weighted by Crippen LogP contribution is 2.30. The summed E-state index contributed by atoms with van der Waals surface area (Å²) in [7, 11) is 0. The van der Waals surface area contributed by atoms with Gasteiger partial charge in [-0.1, -0.05) is 78.5 Å². The number of rotatable bonds is 9. The predicted molar refractivity (Wildman–Crippen MR) is 131 cm³/mol. The van der Waals surface area contributed by atoms with E-state index in [9.17, 15) is 4.79 Å². The van der Waals surface area contributed by atoms with Gasteiger partial charge >= 0.3 is 0 Å². The number of carbonyl (C=O) groups is 1. The molecule has 1 amide bonds. The lowest BCUT2D eigenvalue weighted by atomic mass is 10.1. The van der Waals surface area contributed by atoms with Gasteiger partial charge in [-0.3, -0.25) is 4.79 Å². The fourth-order valence-electron chi connectivity index (χ4n) is 3.53. The first-order chi connectivity index (χ1) is 15.7. The number of amides is 1. The Balaban J connectivity index is 1.54. The fourth-order valence-corrected chi connectivity index (χ4v) is 5.25. The number of hydrogen-bond donors (Lipinski definition) is 0. The van der Waals surface area contributed by atoms with Crippen molar-refractivity contribution < 1.29 is 4.79 Å². The summed E-state index contributed by atoms with van der Waals surface area (Å²) in [5, 5.41) is 11.3. The van der Waals surface area contributed by atoms with Gasteiger partial charge in [-0.15, -0.1) is 21.5 Å². The van der Waals surface area contributed by atoms with Gasteiger partial charge in [-0.2, -0.15) is 0 Å². The zero-order valence-electron chi connectivity index (χ0n) is 18.2. The SMILES string of the molecule is CCn1c(SC(C)C(=O)N(Cc2ccccc2)Cc2ccccc2)nnc1-c1cccs1. The quantitative estimate of drug-likeness (QED) is 0.298. The highest BCUT2D eigenvalue weighted by Gasteiger charge is 2.25. The molecular formula is C25H26N4OS2. The molecule has 2 aromatic carbocycles. The number of aromatic nitrogens is 3. The molecule has 1 atom stereocenters. The molecular weight excluding hydrogens is 436 g/mol. The Morgan fingerprint density at radius 3 is 2.12 bits per heavy atom. The molecule has 164 valence electrons. The zero-order chi connectivity index (χ0) is 22.3. The van der Waals surface area contributed by atoms with Crippen LogP contribution in [0.15, 0.2) is 83.3 Å². The van der Waals surface area contributed by atoms with Crippen molar-refractivity contribution in [2.75, 3.05) is 0 Å². The molecule has 0 aliphatic heterocycles.